The number of hydrogen-bond donors (Lipinski definition) is 1. The van der Waals surface area contributed by atoms with Crippen molar-refractivity contribution in [2.45, 2.75) is 32.1 Å². The lowest BCUT2D eigenvalue weighted by Gasteiger charge is -2.46. The summed E-state index contributed by atoms with van der Waals surface area (Å²) in [4.78, 5) is 11.8. The van der Waals surface area contributed by atoms with Crippen LogP contribution in [0.2, 0.25) is 0 Å². The van der Waals surface area contributed by atoms with Gasteiger partial charge in [-0.3, -0.25) is 4.79 Å². The lowest BCUT2D eigenvalue weighted by molar-refractivity contribution is -0.161. The Hall–Kier alpha value is -1.35. The van der Waals surface area contributed by atoms with Gasteiger partial charge in [-0.25, -0.2) is 0 Å². The van der Waals surface area contributed by atoms with Gasteiger partial charge in [0.1, 0.15) is 0 Å². The van der Waals surface area contributed by atoms with Crippen LogP contribution in [0, 0.1) is 5.41 Å². The van der Waals surface area contributed by atoms with E-state index in [0.29, 0.717) is 26.1 Å². The normalized spacial score (nSPS) is 19.4. The number of carbonyl (C=O) groups is 1. The molecule has 1 fully saturated rings. The van der Waals surface area contributed by atoms with Crippen LogP contribution in [0.1, 0.15) is 32.3 Å². The van der Waals surface area contributed by atoms with Crippen molar-refractivity contribution < 1.29 is 14.6 Å². The number of carboxylic acids is 1. The Morgan fingerprint density at radius 1 is 1.22 bits per heavy atom. The van der Waals surface area contributed by atoms with Gasteiger partial charge in [0.2, 0.25) is 0 Å². The van der Waals surface area contributed by atoms with E-state index in [9.17, 15) is 9.90 Å². The minimum Gasteiger partial charge on any atom is -0.481 e. The molecule has 0 aromatic heterocycles. The van der Waals surface area contributed by atoms with Gasteiger partial charge in [0, 0.05) is 18.6 Å². The Morgan fingerprint density at radius 3 is 2.28 bits per heavy atom. The predicted octanol–water partition coefficient (Wildman–Crippen LogP) is 2.85. The third-order valence-corrected chi connectivity index (χ3v) is 4.45. The maximum Gasteiger partial charge on any atom is 0.310 e. The zero-order valence-corrected chi connectivity index (χ0v) is 11.0. The molecule has 3 nitrogen and oxygen atoms in total. The molecular weight excluding hydrogens is 228 g/mol. The maximum atomic E-state index is 11.8. The molecule has 0 saturated carbocycles. The predicted molar refractivity (Wildman–Crippen MR) is 69.6 cm³/mol. The highest BCUT2D eigenvalue weighted by molar-refractivity contribution is 5.77. The molecule has 1 N–H and O–H groups in total. The Kier molecular flexibility index (Phi) is 3.44. The van der Waals surface area contributed by atoms with Gasteiger partial charge in [0.25, 0.3) is 0 Å². The van der Waals surface area contributed by atoms with Gasteiger partial charge in [-0.2, -0.15) is 0 Å². The monoisotopic (exact) mass is 248 g/mol. The van der Waals surface area contributed by atoms with Crippen molar-refractivity contribution in [1.29, 1.82) is 0 Å². The number of aliphatic carboxylic acids is 1. The number of hydrogen-bond acceptors (Lipinski definition) is 2. The van der Waals surface area contributed by atoms with E-state index < -0.39 is 16.8 Å². The Balaban J connectivity index is 2.44. The van der Waals surface area contributed by atoms with Gasteiger partial charge in [-0.15, -0.1) is 0 Å². The summed E-state index contributed by atoms with van der Waals surface area (Å²) in [5.41, 5.74) is -0.0504. The molecule has 1 aliphatic heterocycles. The first-order chi connectivity index (χ1) is 8.51. The van der Waals surface area contributed by atoms with Crippen molar-refractivity contribution >= 4 is 5.97 Å². The molecule has 1 aromatic rings. The molecular formula is C15H20O3. The van der Waals surface area contributed by atoms with Crippen molar-refractivity contribution in [2.75, 3.05) is 13.2 Å². The van der Waals surface area contributed by atoms with Crippen molar-refractivity contribution in [3.05, 3.63) is 35.9 Å². The summed E-state index contributed by atoms with van der Waals surface area (Å²) in [6.45, 7) is 5.12. The molecule has 0 bridgehead atoms. The summed E-state index contributed by atoms with van der Waals surface area (Å²) < 4.78 is 5.34. The molecule has 1 aromatic carbocycles. The Labute approximate surface area is 108 Å². The Bertz CT molecular complexity index is 417. The zero-order valence-electron chi connectivity index (χ0n) is 11.0. The van der Waals surface area contributed by atoms with Crippen LogP contribution >= 0.6 is 0 Å². The van der Waals surface area contributed by atoms with Gasteiger partial charge >= 0.3 is 5.97 Å². The van der Waals surface area contributed by atoms with Gasteiger partial charge < -0.3 is 9.84 Å². The van der Waals surface area contributed by atoms with E-state index in [1.54, 1.807) is 0 Å². The van der Waals surface area contributed by atoms with Crippen LogP contribution in [-0.2, 0) is 14.9 Å². The third kappa shape index (κ3) is 1.93. The lowest BCUT2D eigenvalue weighted by atomic mass is 9.58. The topological polar surface area (TPSA) is 46.5 Å². The van der Waals surface area contributed by atoms with Crippen LogP contribution in [0.15, 0.2) is 30.3 Å². The molecule has 2 rings (SSSR count). The zero-order chi connectivity index (χ0) is 13.2. The third-order valence-electron chi connectivity index (χ3n) is 4.45. The minimum atomic E-state index is -0.730. The molecule has 0 spiro atoms. The lowest BCUT2D eigenvalue weighted by Crippen LogP contribution is -2.50. The first-order valence-electron chi connectivity index (χ1n) is 6.37. The van der Waals surface area contributed by atoms with E-state index in [1.165, 1.54) is 0 Å². The molecule has 98 valence electrons. The molecule has 1 heterocycles. The fourth-order valence-corrected chi connectivity index (χ4v) is 2.96. The average molecular weight is 248 g/mol. The quantitative estimate of drug-likeness (QED) is 0.894. The number of benzene rings is 1. The van der Waals surface area contributed by atoms with Gasteiger partial charge in [0.05, 0.1) is 5.41 Å². The van der Waals surface area contributed by atoms with Crippen LogP contribution in [0.3, 0.4) is 0 Å². The molecule has 3 heteroatoms. The van der Waals surface area contributed by atoms with Crippen LogP contribution in [-0.4, -0.2) is 24.3 Å². The summed E-state index contributed by atoms with van der Waals surface area (Å²) in [6.07, 6.45) is 1.15. The maximum absolute atomic E-state index is 11.8. The van der Waals surface area contributed by atoms with Crippen molar-refractivity contribution in [2.24, 2.45) is 5.41 Å². The molecule has 0 aliphatic carbocycles. The molecule has 0 atom stereocenters. The number of ether oxygens (including phenoxy) is 1. The molecule has 1 aliphatic rings. The summed E-state index contributed by atoms with van der Waals surface area (Å²) in [5, 5.41) is 9.73. The standard InChI is InChI=1S/C15H20O3/c1-14(2,12-6-4-3-5-7-12)15(13(16)17)8-10-18-11-9-15/h3-7H,8-11H2,1-2H3,(H,16,17). The summed E-state index contributed by atoms with van der Waals surface area (Å²) in [6, 6.07) is 9.91. The minimum absolute atomic E-state index is 0.399. The second-order valence-corrected chi connectivity index (χ2v) is 5.49. The smallest absolute Gasteiger partial charge is 0.310 e. The average Bonchev–Trinajstić information content (AvgIpc) is 2.40. The van der Waals surface area contributed by atoms with Gasteiger partial charge in [-0.05, 0) is 18.4 Å². The highest BCUT2D eigenvalue weighted by atomic mass is 16.5. The molecule has 0 amide bonds. The van der Waals surface area contributed by atoms with Crippen LogP contribution in [0.4, 0.5) is 0 Å². The molecule has 18 heavy (non-hydrogen) atoms. The van der Waals surface area contributed by atoms with Crippen molar-refractivity contribution in [3.63, 3.8) is 0 Å². The highest BCUT2D eigenvalue weighted by Crippen LogP contribution is 2.48. The van der Waals surface area contributed by atoms with Gasteiger partial charge in [0.15, 0.2) is 0 Å². The highest BCUT2D eigenvalue weighted by Gasteiger charge is 2.52. The van der Waals surface area contributed by atoms with E-state index in [4.69, 9.17) is 4.74 Å². The first kappa shape index (κ1) is 13.1. The summed E-state index contributed by atoms with van der Waals surface area (Å²) >= 11 is 0. The van der Waals surface area contributed by atoms with Crippen molar-refractivity contribution in [3.8, 4) is 0 Å². The number of rotatable bonds is 3. The largest absolute Gasteiger partial charge is 0.481 e. The summed E-state index contributed by atoms with van der Waals surface area (Å²) in [7, 11) is 0. The van der Waals surface area contributed by atoms with E-state index in [0.717, 1.165) is 5.56 Å². The first-order valence-corrected chi connectivity index (χ1v) is 6.37. The van der Waals surface area contributed by atoms with E-state index in [2.05, 4.69) is 0 Å². The van der Waals surface area contributed by atoms with E-state index >= 15 is 0 Å². The molecule has 1 saturated heterocycles. The summed E-state index contributed by atoms with van der Waals surface area (Å²) in [5.74, 6) is -0.709. The number of carboxylic acid groups (broad SMARTS) is 1. The van der Waals surface area contributed by atoms with Crippen LogP contribution in [0.25, 0.3) is 0 Å². The second kappa shape index (κ2) is 4.73. The van der Waals surface area contributed by atoms with E-state index in [1.807, 2.05) is 44.2 Å². The van der Waals surface area contributed by atoms with Crippen LogP contribution < -0.4 is 0 Å². The SMILES string of the molecule is CC(C)(c1ccccc1)C1(C(=O)O)CCOCC1. The Morgan fingerprint density at radius 2 is 1.78 bits per heavy atom. The molecule has 0 radical (unpaired) electrons. The van der Waals surface area contributed by atoms with E-state index in [-0.39, 0.29) is 0 Å². The fourth-order valence-electron chi connectivity index (χ4n) is 2.96. The van der Waals surface area contributed by atoms with Crippen LogP contribution in [0.5, 0.6) is 0 Å². The molecule has 0 unspecified atom stereocenters. The second-order valence-electron chi connectivity index (χ2n) is 5.49. The van der Waals surface area contributed by atoms with Crippen molar-refractivity contribution in [1.82, 2.24) is 0 Å². The fraction of sp³-hybridized carbons (Fsp3) is 0.533. The van der Waals surface area contributed by atoms with Gasteiger partial charge in [-0.1, -0.05) is 44.2 Å².